The molecule has 0 spiro atoms. The third kappa shape index (κ3) is 15.2. The highest BCUT2D eigenvalue weighted by molar-refractivity contribution is 5.73. The van der Waals surface area contributed by atoms with Crippen LogP contribution < -0.4 is 10.6 Å². The van der Waals surface area contributed by atoms with E-state index in [2.05, 4.69) is 34.7 Å². The zero-order valence-electron chi connectivity index (χ0n) is 17.9. The van der Waals surface area contributed by atoms with Crippen molar-refractivity contribution in [2.45, 2.75) is 96.9 Å². The van der Waals surface area contributed by atoms with Gasteiger partial charge in [-0.15, -0.1) is 0 Å². The number of carbonyl (C=O) groups excluding carboxylic acids is 1. The summed E-state index contributed by atoms with van der Waals surface area (Å²) in [5, 5.41) is 5.77. The molecule has 4 heteroatoms. The van der Waals surface area contributed by atoms with E-state index in [-0.39, 0.29) is 6.03 Å². The molecular formula is C24H41N3O. The number of rotatable bonds is 17. The smallest absolute Gasteiger partial charge is 0.315 e. The second-order valence-corrected chi connectivity index (χ2v) is 7.56. The van der Waals surface area contributed by atoms with Gasteiger partial charge in [0.05, 0.1) is 0 Å². The van der Waals surface area contributed by atoms with Gasteiger partial charge in [-0.1, -0.05) is 76.5 Å². The van der Waals surface area contributed by atoms with Crippen LogP contribution >= 0.6 is 0 Å². The Hall–Kier alpha value is -1.84. The number of hydrogen-bond acceptors (Lipinski definition) is 2. The van der Waals surface area contributed by atoms with Crippen LogP contribution in [0.2, 0.25) is 0 Å². The molecule has 1 heterocycles. The Kier molecular flexibility index (Phi) is 16.0. The van der Waals surface area contributed by atoms with Crippen LogP contribution in [0, 0.1) is 0 Å². The number of hydrogen-bond donors (Lipinski definition) is 2. The molecule has 28 heavy (non-hydrogen) atoms. The summed E-state index contributed by atoms with van der Waals surface area (Å²) in [5.74, 6) is 0. The van der Waals surface area contributed by atoms with Crippen LogP contribution in [0.3, 0.4) is 0 Å². The largest absolute Gasteiger partial charge is 0.338 e. The van der Waals surface area contributed by atoms with Crippen molar-refractivity contribution < 1.29 is 4.79 Å². The van der Waals surface area contributed by atoms with E-state index < -0.39 is 0 Å². The summed E-state index contributed by atoms with van der Waals surface area (Å²) < 4.78 is 0. The van der Waals surface area contributed by atoms with E-state index in [0.29, 0.717) is 6.54 Å². The van der Waals surface area contributed by atoms with Crippen LogP contribution in [0.25, 0.3) is 0 Å². The van der Waals surface area contributed by atoms with Gasteiger partial charge in [0, 0.05) is 25.5 Å². The van der Waals surface area contributed by atoms with Gasteiger partial charge in [-0.25, -0.2) is 4.79 Å². The zero-order chi connectivity index (χ0) is 20.1. The van der Waals surface area contributed by atoms with Crippen molar-refractivity contribution in [2.75, 3.05) is 6.54 Å². The molecule has 0 saturated heterocycles. The fourth-order valence-electron chi connectivity index (χ4n) is 3.15. The molecule has 0 radical (unpaired) electrons. The van der Waals surface area contributed by atoms with E-state index >= 15 is 0 Å². The second kappa shape index (κ2) is 18.5. The van der Waals surface area contributed by atoms with Crippen molar-refractivity contribution in [3.05, 3.63) is 42.2 Å². The second-order valence-electron chi connectivity index (χ2n) is 7.56. The average molecular weight is 388 g/mol. The minimum Gasteiger partial charge on any atom is -0.338 e. The van der Waals surface area contributed by atoms with E-state index in [0.717, 1.165) is 18.5 Å². The Morgan fingerprint density at radius 3 is 2.18 bits per heavy atom. The van der Waals surface area contributed by atoms with Gasteiger partial charge >= 0.3 is 6.03 Å². The maximum absolute atomic E-state index is 11.7. The highest BCUT2D eigenvalue weighted by atomic mass is 16.2. The monoisotopic (exact) mass is 387 g/mol. The van der Waals surface area contributed by atoms with Gasteiger partial charge in [-0.2, -0.15) is 0 Å². The lowest BCUT2D eigenvalue weighted by molar-refractivity contribution is 0.240. The van der Waals surface area contributed by atoms with E-state index in [9.17, 15) is 4.79 Å². The number of pyridine rings is 1. The molecule has 158 valence electrons. The molecule has 0 bridgehead atoms. The SMILES string of the molecule is CCCCCCCCC=CCCCCCCCNC(=O)NCc1cccnc1. The standard InChI is InChI=1S/C24H41N3O/c1-2-3-4-5-6-7-8-9-10-11-12-13-14-15-16-20-26-24(28)27-22-23-18-17-19-25-21-23/h9-10,17-19,21H,2-8,11-16,20,22H2,1H3,(H2,26,27,28). The quantitative estimate of drug-likeness (QED) is 0.236. The summed E-state index contributed by atoms with van der Waals surface area (Å²) in [6.07, 6.45) is 25.0. The van der Waals surface area contributed by atoms with Crippen molar-refractivity contribution in [1.29, 1.82) is 0 Å². The first kappa shape index (κ1) is 24.2. The number of carbonyl (C=O) groups is 1. The number of urea groups is 1. The van der Waals surface area contributed by atoms with Gasteiger partial charge in [0.15, 0.2) is 0 Å². The first-order valence-corrected chi connectivity index (χ1v) is 11.4. The number of nitrogens with one attached hydrogen (secondary N) is 2. The number of unbranched alkanes of at least 4 members (excludes halogenated alkanes) is 11. The van der Waals surface area contributed by atoms with E-state index in [1.165, 1.54) is 77.0 Å². The number of allylic oxidation sites excluding steroid dienone is 2. The van der Waals surface area contributed by atoms with Gasteiger partial charge in [0.25, 0.3) is 0 Å². The first-order valence-electron chi connectivity index (χ1n) is 11.4. The molecule has 1 rings (SSSR count). The molecule has 0 saturated carbocycles. The third-order valence-corrected chi connectivity index (χ3v) is 4.90. The lowest BCUT2D eigenvalue weighted by atomic mass is 10.1. The predicted octanol–water partition coefficient (Wildman–Crippen LogP) is 6.53. The molecule has 0 aliphatic rings. The molecule has 0 fully saturated rings. The summed E-state index contributed by atoms with van der Waals surface area (Å²) in [4.78, 5) is 15.7. The van der Waals surface area contributed by atoms with Gasteiger partial charge in [-0.3, -0.25) is 4.98 Å². The Labute approximate surface area is 172 Å². The summed E-state index contributed by atoms with van der Waals surface area (Å²) in [6, 6.07) is 3.73. The lowest BCUT2D eigenvalue weighted by Crippen LogP contribution is -2.35. The van der Waals surface area contributed by atoms with Crippen LogP contribution in [0.4, 0.5) is 4.79 Å². The molecule has 1 aromatic rings. The lowest BCUT2D eigenvalue weighted by Gasteiger charge is -2.07. The summed E-state index contributed by atoms with van der Waals surface area (Å²) >= 11 is 0. The fraction of sp³-hybridized carbons (Fsp3) is 0.667. The normalized spacial score (nSPS) is 11.0. The molecule has 0 atom stereocenters. The fourth-order valence-corrected chi connectivity index (χ4v) is 3.15. The topological polar surface area (TPSA) is 54.0 Å². The van der Waals surface area contributed by atoms with Gasteiger partial charge in [0.1, 0.15) is 0 Å². The van der Waals surface area contributed by atoms with Crippen molar-refractivity contribution >= 4 is 6.03 Å². The zero-order valence-corrected chi connectivity index (χ0v) is 17.9. The van der Waals surface area contributed by atoms with E-state index in [1.807, 2.05) is 12.1 Å². The van der Waals surface area contributed by atoms with Crippen LogP contribution in [0.5, 0.6) is 0 Å². The minimum atomic E-state index is -0.0978. The van der Waals surface area contributed by atoms with Gasteiger partial charge < -0.3 is 10.6 Å². The maximum atomic E-state index is 11.7. The number of nitrogens with zero attached hydrogens (tertiary/aromatic N) is 1. The molecular weight excluding hydrogens is 346 g/mol. The third-order valence-electron chi connectivity index (χ3n) is 4.90. The van der Waals surface area contributed by atoms with Gasteiger partial charge in [0.2, 0.25) is 0 Å². The molecule has 0 aliphatic heterocycles. The van der Waals surface area contributed by atoms with E-state index in [4.69, 9.17) is 0 Å². The maximum Gasteiger partial charge on any atom is 0.315 e. The van der Waals surface area contributed by atoms with Crippen molar-refractivity contribution in [3.8, 4) is 0 Å². The van der Waals surface area contributed by atoms with Crippen LogP contribution in [0.1, 0.15) is 96.0 Å². The highest BCUT2D eigenvalue weighted by Gasteiger charge is 1.99. The Morgan fingerprint density at radius 2 is 1.54 bits per heavy atom. The van der Waals surface area contributed by atoms with Gasteiger partial charge in [-0.05, 0) is 43.7 Å². The van der Waals surface area contributed by atoms with Crippen LogP contribution in [0.15, 0.2) is 36.7 Å². The predicted molar refractivity (Wildman–Crippen MR) is 119 cm³/mol. The molecule has 4 nitrogen and oxygen atoms in total. The first-order chi connectivity index (χ1) is 13.8. The average Bonchev–Trinajstić information content (AvgIpc) is 2.72. The minimum absolute atomic E-state index is 0.0978. The molecule has 0 unspecified atom stereocenters. The Morgan fingerprint density at radius 1 is 0.893 bits per heavy atom. The summed E-state index contributed by atoms with van der Waals surface area (Å²) in [6.45, 7) is 3.54. The van der Waals surface area contributed by atoms with Crippen LogP contribution in [-0.2, 0) is 6.54 Å². The van der Waals surface area contributed by atoms with Crippen molar-refractivity contribution in [1.82, 2.24) is 15.6 Å². The van der Waals surface area contributed by atoms with Crippen LogP contribution in [-0.4, -0.2) is 17.6 Å². The summed E-state index contributed by atoms with van der Waals surface area (Å²) in [5.41, 5.74) is 1.01. The Balaban J connectivity index is 1.80. The molecule has 0 aromatic carbocycles. The van der Waals surface area contributed by atoms with E-state index in [1.54, 1.807) is 12.4 Å². The highest BCUT2D eigenvalue weighted by Crippen LogP contribution is 2.09. The molecule has 1 aromatic heterocycles. The molecule has 2 N–H and O–H groups in total. The van der Waals surface area contributed by atoms with Crippen molar-refractivity contribution in [2.24, 2.45) is 0 Å². The number of aromatic nitrogens is 1. The summed E-state index contributed by atoms with van der Waals surface area (Å²) in [7, 11) is 0. The molecule has 2 amide bonds. The number of amides is 2. The Bertz CT molecular complexity index is 502. The molecule has 0 aliphatic carbocycles. The van der Waals surface area contributed by atoms with Crippen molar-refractivity contribution in [3.63, 3.8) is 0 Å².